The monoisotopic (exact) mass is 401 g/mol. The summed E-state index contributed by atoms with van der Waals surface area (Å²) < 4.78 is 16.2. The topological polar surface area (TPSA) is 121 Å². The van der Waals surface area contributed by atoms with Gasteiger partial charge in [-0.05, 0) is 25.5 Å². The summed E-state index contributed by atoms with van der Waals surface area (Å²) in [6.07, 6.45) is -0.930. The molecule has 0 unspecified atom stereocenters. The molecule has 2 rings (SSSR count). The van der Waals surface area contributed by atoms with Crippen LogP contribution in [0, 0.1) is 0 Å². The van der Waals surface area contributed by atoms with Crippen LogP contribution in [-0.4, -0.2) is 82.7 Å². The molecular weight excluding hydrogens is 374 g/mol. The number of nitrogens with zero attached hydrogens (tertiary/aromatic N) is 1. The summed E-state index contributed by atoms with van der Waals surface area (Å²) >= 11 is 1.37. The summed E-state index contributed by atoms with van der Waals surface area (Å²) in [5.41, 5.74) is -0.436. The van der Waals surface area contributed by atoms with Gasteiger partial charge in [0.25, 0.3) is 0 Å². The van der Waals surface area contributed by atoms with Gasteiger partial charge in [0, 0.05) is 30.6 Å². The molecule has 4 N–H and O–H groups in total. The van der Waals surface area contributed by atoms with Crippen LogP contribution in [0.25, 0.3) is 0 Å². The maximum atomic E-state index is 10.2. The van der Waals surface area contributed by atoms with Crippen molar-refractivity contribution >= 4 is 16.8 Å². The molecule has 27 heavy (non-hydrogen) atoms. The number of aromatic hydroxyl groups is 1. The van der Waals surface area contributed by atoms with E-state index in [4.69, 9.17) is 19.3 Å². The molecule has 1 atom stereocenters. The average Bonchev–Trinajstić information content (AvgIpc) is 3.04. The lowest BCUT2D eigenvalue weighted by molar-refractivity contribution is -0.0817. The number of aliphatic hydroxyl groups is 3. The molecule has 152 valence electrons. The van der Waals surface area contributed by atoms with Crippen molar-refractivity contribution in [2.45, 2.75) is 25.2 Å². The van der Waals surface area contributed by atoms with E-state index in [0.717, 1.165) is 0 Å². The number of thioether (sulfide) groups is 1. The third-order valence-electron chi connectivity index (χ3n) is 3.93. The Hall–Kier alpha value is -1.36. The van der Waals surface area contributed by atoms with Gasteiger partial charge < -0.3 is 34.6 Å². The number of hydrogen-bond acceptors (Lipinski definition) is 9. The summed E-state index contributed by atoms with van der Waals surface area (Å²) in [6, 6.07) is 4.92. The highest BCUT2D eigenvalue weighted by molar-refractivity contribution is 8.14. The van der Waals surface area contributed by atoms with Crippen molar-refractivity contribution < 1.29 is 34.6 Å². The van der Waals surface area contributed by atoms with Gasteiger partial charge in [0.2, 0.25) is 0 Å². The Kier molecular flexibility index (Phi) is 8.81. The van der Waals surface area contributed by atoms with Crippen LogP contribution in [0.2, 0.25) is 0 Å². The van der Waals surface area contributed by atoms with E-state index in [0.29, 0.717) is 61.6 Å². The highest BCUT2D eigenvalue weighted by Crippen LogP contribution is 2.36. The van der Waals surface area contributed by atoms with Gasteiger partial charge in [0.1, 0.15) is 28.7 Å². The van der Waals surface area contributed by atoms with Crippen LogP contribution in [0.5, 0.6) is 11.5 Å². The van der Waals surface area contributed by atoms with Gasteiger partial charge in [-0.25, -0.2) is 0 Å². The molecule has 0 spiro atoms. The number of hydrogen-bond donors (Lipinski definition) is 4. The predicted molar refractivity (Wildman–Crippen MR) is 103 cm³/mol. The zero-order chi connectivity index (χ0) is 19.7. The summed E-state index contributed by atoms with van der Waals surface area (Å²) in [6.45, 7) is 3.93. The summed E-state index contributed by atoms with van der Waals surface area (Å²) in [4.78, 5) is 4.34. The number of aliphatic imine (C=N–C) groups is 1. The van der Waals surface area contributed by atoms with Crippen LogP contribution < -0.4 is 4.74 Å². The molecule has 9 heteroatoms. The molecule has 0 amide bonds. The minimum absolute atomic E-state index is 0.0219. The maximum Gasteiger partial charge on any atom is 0.177 e. The minimum atomic E-state index is -1.55. The van der Waals surface area contributed by atoms with Crippen molar-refractivity contribution in [3.05, 3.63) is 23.8 Å². The third kappa shape index (κ3) is 6.63. The van der Waals surface area contributed by atoms with Gasteiger partial charge in [-0.15, -0.1) is 11.8 Å². The molecule has 1 aromatic rings. The van der Waals surface area contributed by atoms with Crippen LogP contribution in [0.4, 0.5) is 0 Å². The quantitative estimate of drug-likeness (QED) is 0.299. The molecule has 1 aromatic carbocycles. The molecule has 8 nitrogen and oxygen atoms in total. The first-order valence-electron chi connectivity index (χ1n) is 8.77. The highest BCUT2D eigenvalue weighted by atomic mass is 32.2. The van der Waals surface area contributed by atoms with E-state index in [-0.39, 0.29) is 12.4 Å². The van der Waals surface area contributed by atoms with Crippen molar-refractivity contribution in [2.24, 2.45) is 4.99 Å². The Morgan fingerprint density at radius 1 is 1.15 bits per heavy atom. The number of rotatable bonds is 12. The first kappa shape index (κ1) is 21.9. The van der Waals surface area contributed by atoms with Gasteiger partial charge in [0.05, 0.1) is 19.8 Å². The molecular formula is C18H27NO7S. The molecule has 0 saturated heterocycles. The highest BCUT2D eigenvalue weighted by Gasteiger charge is 2.37. The summed E-state index contributed by atoms with van der Waals surface area (Å²) in [5, 5.41) is 38.3. The Morgan fingerprint density at radius 2 is 1.85 bits per heavy atom. The fourth-order valence-corrected chi connectivity index (χ4v) is 3.51. The molecule has 0 aromatic heterocycles. The van der Waals surface area contributed by atoms with Crippen molar-refractivity contribution in [3.63, 3.8) is 0 Å². The molecule has 1 heterocycles. The number of ether oxygens (including phenoxy) is 3. The Morgan fingerprint density at radius 3 is 2.48 bits per heavy atom. The van der Waals surface area contributed by atoms with Crippen molar-refractivity contribution in [1.29, 1.82) is 0 Å². The van der Waals surface area contributed by atoms with E-state index in [2.05, 4.69) is 4.99 Å². The second-order valence-electron chi connectivity index (χ2n) is 6.27. The van der Waals surface area contributed by atoms with E-state index >= 15 is 0 Å². The number of benzene rings is 1. The van der Waals surface area contributed by atoms with Crippen molar-refractivity contribution in [2.75, 3.05) is 45.4 Å². The largest absolute Gasteiger partial charge is 0.507 e. The molecule has 0 saturated carbocycles. The predicted octanol–water partition coefficient (Wildman–Crippen LogP) is 0.749. The zero-order valence-corrected chi connectivity index (χ0v) is 16.2. The van der Waals surface area contributed by atoms with Crippen LogP contribution in [0.15, 0.2) is 23.2 Å². The van der Waals surface area contributed by atoms with Crippen LogP contribution in [-0.2, 0) is 9.47 Å². The third-order valence-corrected chi connectivity index (χ3v) is 5.24. The summed E-state index contributed by atoms with van der Waals surface area (Å²) in [7, 11) is 0. The van der Waals surface area contributed by atoms with E-state index in [1.54, 1.807) is 19.1 Å². The van der Waals surface area contributed by atoms with Gasteiger partial charge in [-0.2, -0.15) is 0 Å². The Bertz CT molecular complexity index is 626. The lowest BCUT2D eigenvalue weighted by atomic mass is 10.1. The Balaban J connectivity index is 1.75. The van der Waals surface area contributed by atoms with E-state index < -0.39 is 11.8 Å². The lowest BCUT2D eigenvalue weighted by Crippen LogP contribution is -2.37. The molecule has 0 bridgehead atoms. The molecule has 1 aliphatic rings. The van der Waals surface area contributed by atoms with E-state index in [1.165, 1.54) is 17.8 Å². The van der Waals surface area contributed by atoms with Gasteiger partial charge in [-0.3, -0.25) is 4.99 Å². The van der Waals surface area contributed by atoms with Crippen molar-refractivity contribution in [1.82, 2.24) is 0 Å². The number of phenolic OH excluding ortho intramolecular Hbond substituents is 1. The second-order valence-corrected chi connectivity index (χ2v) is 7.23. The maximum absolute atomic E-state index is 10.2. The lowest BCUT2D eigenvalue weighted by Gasteiger charge is -2.21. The standard InChI is InChI=1S/C18H27NO7S/c1-18(17(22)23)12-27-16(19-18)14-4-3-13(11-15(14)21)26-10-9-25-8-7-24-6-2-5-20/h3-4,11,17,20-23H,2,5-10,12H2,1H3/t18-/m1/s1. The Labute approximate surface area is 162 Å². The smallest absolute Gasteiger partial charge is 0.177 e. The number of phenols is 1. The SMILES string of the molecule is C[C@]1(C(O)O)CSC(c2ccc(OCCOCCOCCCO)cc2O)=N1. The van der Waals surface area contributed by atoms with Crippen LogP contribution >= 0.6 is 11.8 Å². The van der Waals surface area contributed by atoms with Crippen LogP contribution in [0.1, 0.15) is 18.9 Å². The van der Waals surface area contributed by atoms with Crippen molar-refractivity contribution in [3.8, 4) is 11.5 Å². The molecule has 0 aliphatic carbocycles. The molecule has 0 fully saturated rings. The first-order valence-corrected chi connectivity index (χ1v) is 9.76. The van der Waals surface area contributed by atoms with E-state index in [1.807, 2.05) is 0 Å². The zero-order valence-electron chi connectivity index (χ0n) is 15.3. The number of aliphatic hydroxyl groups excluding tert-OH is 2. The average molecular weight is 401 g/mol. The van der Waals surface area contributed by atoms with Gasteiger partial charge in [0.15, 0.2) is 6.29 Å². The van der Waals surface area contributed by atoms with Crippen LogP contribution in [0.3, 0.4) is 0 Å². The van der Waals surface area contributed by atoms with Gasteiger partial charge in [-0.1, -0.05) is 0 Å². The second kappa shape index (κ2) is 10.8. The van der Waals surface area contributed by atoms with Gasteiger partial charge >= 0.3 is 0 Å². The van der Waals surface area contributed by atoms with E-state index in [9.17, 15) is 15.3 Å². The minimum Gasteiger partial charge on any atom is -0.507 e. The normalized spacial score (nSPS) is 19.5. The fourth-order valence-electron chi connectivity index (χ4n) is 2.27. The fraction of sp³-hybridized carbons (Fsp3) is 0.611. The summed E-state index contributed by atoms with van der Waals surface area (Å²) in [5.74, 6) is 0.958. The first-order chi connectivity index (χ1) is 13.0. The molecule has 0 radical (unpaired) electrons. The molecule has 1 aliphatic heterocycles.